The molecule has 5 nitrogen and oxygen atoms in total. The summed E-state index contributed by atoms with van der Waals surface area (Å²) < 4.78 is 13.0. The Morgan fingerprint density at radius 2 is 1.96 bits per heavy atom. The van der Waals surface area contributed by atoms with E-state index in [2.05, 4.69) is 25.2 Å². The third kappa shape index (κ3) is 4.92. The Morgan fingerprint density at radius 1 is 1.24 bits per heavy atom. The third-order valence-corrected chi connectivity index (χ3v) is 5.31. The Balaban J connectivity index is 1.42. The van der Waals surface area contributed by atoms with E-state index in [1.54, 1.807) is 11.3 Å². The van der Waals surface area contributed by atoms with E-state index in [1.807, 2.05) is 19.1 Å². The van der Waals surface area contributed by atoms with Gasteiger partial charge in [-0.25, -0.2) is 9.37 Å². The van der Waals surface area contributed by atoms with Gasteiger partial charge >= 0.3 is 0 Å². The van der Waals surface area contributed by atoms with Gasteiger partial charge in [-0.3, -0.25) is 4.99 Å². The standard InChI is InChI=1S/C18H24FN5S/c1-14-13-25-17(22-14)3-2-8-21-18(20)24-11-9-23(10-12-24)16-6-4-15(19)5-7-16/h4-7,13H,2-3,8-12H2,1H3,(H2,20,21). The maximum absolute atomic E-state index is 13.0. The number of benzene rings is 1. The molecule has 0 amide bonds. The summed E-state index contributed by atoms with van der Waals surface area (Å²) in [5.41, 5.74) is 8.27. The fourth-order valence-corrected chi connectivity index (χ4v) is 3.71. The summed E-state index contributed by atoms with van der Waals surface area (Å²) in [6, 6.07) is 6.65. The van der Waals surface area contributed by atoms with E-state index in [-0.39, 0.29) is 5.82 Å². The Morgan fingerprint density at radius 3 is 2.60 bits per heavy atom. The molecule has 25 heavy (non-hydrogen) atoms. The van der Waals surface area contributed by atoms with Gasteiger partial charge in [-0.15, -0.1) is 11.3 Å². The molecule has 0 bridgehead atoms. The molecule has 0 aliphatic carbocycles. The van der Waals surface area contributed by atoms with Crippen LogP contribution in [0.3, 0.4) is 0 Å². The lowest BCUT2D eigenvalue weighted by atomic mass is 10.2. The molecular weight excluding hydrogens is 337 g/mol. The van der Waals surface area contributed by atoms with Crippen molar-refractivity contribution in [1.82, 2.24) is 9.88 Å². The second-order valence-corrected chi connectivity index (χ2v) is 7.12. The lowest BCUT2D eigenvalue weighted by Gasteiger charge is -2.36. The zero-order chi connectivity index (χ0) is 17.6. The molecule has 0 spiro atoms. The van der Waals surface area contributed by atoms with E-state index in [4.69, 9.17) is 5.73 Å². The third-order valence-electron chi connectivity index (χ3n) is 4.28. The number of thiazole rings is 1. The lowest BCUT2D eigenvalue weighted by molar-refractivity contribution is 0.380. The number of aromatic nitrogens is 1. The SMILES string of the molecule is Cc1csc(CCCN=C(N)N2CCN(c3ccc(F)cc3)CC2)n1. The molecule has 3 rings (SSSR count). The van der Waals surface area contributed by atoms with E-state index >= 15 is 0 Å². The number of hydrogen-bond donors (Lipinski definition) is 1. The first-order chi connectivity index (χ1) is 12.1. The Kier molecular flexibility index (Phi) is 5.86. The summed E-state index contributed by atoms with van der Waals surface area (Å²) in [5.74, 6) is 0.417. The number of nitrogens with two attached hydrogens (primary N) is 1. The highest BCUT2D eigenvalue weighted by atomic mass is 32.1. The van der Waals surface area contributed by atoms with Crippen molar-refractivity contribution in [1.29, 1.82) is 0 Å². The number of piperazine rings is 1. The van der Waals surface area contributed by atoms with Gasteiger partial charge in [-0.1, -0.05) is 0 Å². The largest absolute Gasteiger partial charge is 0.370 e. The molecule has 1 saturated heterocycles. The molecule has 1 aromatic heterocycles. The molecule has 1 aliphatic rings. The first-order valence-electron chi connectivity index (χ1n) is 8.58. The average Bonchev–Trinajstić information content (AvgIpc) is 3.05. The number of rotatable bonds is 5. The van der Waals surface area contributed by atoms with Gasteiger partial charge in [0.25, 0.3) is 0 Å². The highest BCUT2D eigenvalue weighted by Gasteiger charge is 2.18. The highest BCUT2D eigenvalue weighted by Crippen LogP contribution is 2.17. The van der Waals surface area contributed by atoms with Gasteiger partial charge in [-0.2, -0.15) is 0 Å². The Labute approximate surface area is 152 Å². The van der Waals surface area contributed by atoms with Crippen LogP contribution in [0.4, 0.5) is 10.1 Å². The van der Waals surface area contributed by atoms with Crippen molar-refractivity contribution in [3.8, 4) is 0 Å². The summed E-state index contributed by atoms with van der Waals surface area (Å²) in [6.45, 7) is 6.13. The van der Waals surface area contributed by atoms with Crippen LogP contribution >= 0.6 is 11.3 Å². The van der Waals surface area contributed by atoms with Gasteiger partial charge in [0.1, 0.15) is 5.82 Å². The van der Waals surface area contributed by atoms with E-state index in [0.29, 0.717) is 5.96 Å². The molecule has 2 heterocycles. The number of nitrogens with zero attached hydrogens (tertiary/aromatic N) is 4. The molecule has 1 fully saturated rings. The number of halogens is 1. The van der Waals surface area contributed by atoms with Crippen molar-refractivity contribution in [3.63, 3.8) is 0 Å². The fourth-order valence-electron chi connectivity index (χ4n) is 2.89. The second kappa shape index (κ2) is 8.29. The minimum absolute atomic E-state index is 0.202. The van der Waals surface area contributed by atoms with E-state index in [9.17, 15) is 4.39 Å². The summed E-state index contributed by atoms with van der Waals surface area (Å²) in [7, 11) is 0. The average molecular weight is 361 g/mol. The second-order valence-electron chi connectivity index (χ2n) is 6.18. The van der Waals surface area contributed by atoms with Crippen LogP contribution in [0.15, 0.2) is 34.6 Å². The van der Waals surface area contributed by atoms with Gasteiger partial charge in [0.05, 0.1) is 5.01 Å². The molecule has 0 unspecified atom stereocenters. The summed E-state index contributed by atoms with van der Waals surface area (Å²) in [5, 5.41) is 3.24. The van der Waals surface area contributed by atoms with Crippen molar-refractivity contribution < 1.29 is 4.39 Å². The normalized spacial score (nSPS) is 15.7. The summed E-state index contributed by atoms with van der Waals surface area (Å²) in [4.78, 5) is 13.3. The van der Waals surface area contributed by atoms with Crippen LogP contribution in [-0.4, -0.2) is 48.6 Å². The first-order valence-corrected chi connectivity index (χ1v) is 9.46. The van der Waals surface area contributed by atoms with Crippen LogP contribution in [0, 0.1) is 12.7 Å². The predicted molar refractivity (Wildman–Crippen MR) is 102 cm³/mol. The van der Waals surface area contributed by atoms with Crippen LogP contribution in [-0.2, 0) is 6.42 Å². The molecule has 2 aromatic rings. The van der Waals surface area contributed by atoms with Gasteiger partial charge in [0, 0.05) is 55.9 Å². The number of anilines is 1. The van der Waals surface area contributed by atoms with Crippen molar-refractivity contribution in [2.24, 2.45) is 10.7 Å². The minimum Gasteiger partial charge on any atom is -0.370 e. The number of aliphatic imine (C=N–C) groups is 1. The Hall–Kier alpha value is -2.15. The van der Waals surface area contributed by atoms with Crippen LogP contribution in [0.25, 0.3) is 0 Å². The number of aryl methyl sites for hydroxylation is 2. The topological polar surface area (TPSA) is 57.8 Å². The zero-order valence-corrected chi connectivity index (χ0v) is 15.3. The highest BCUT2D eigenvalue weighted by molar-refractivity contribution is 7.09. The predicted octanol–water partition coefficient (Wildman–Crippen LogP) is 2.66. The molecule has 1 aromatic carbocycles. The van der Waals surface area contributed by atoms with E-state index in [1.165, 1.54) is 17.1 Å². The van der Waals surface area contributed by atoms with Gasteiger partial charge in [-0.05, 0) is 37.6 Å². The number of hydrogen-bond acceptors (Lipinski definition) is 4. The van der Waals surface area contributed by atoms with Gasteiger partial charge in [0.2, 0.25) is 0 Å². The maximum Gasteiger partial charge on any atom is 0.191 e. The van der Waals surface area contributed by atoms with Crippen molar-refractivity contribution in [3.05, 3.63) is 46.2 Å². The molecule has 0 atom stereocenters. The quantitative estimate of drug-likeness (QED) is 0.505. The van der Waals surface area contributed by atoms with E-state index in [0.717, 1.165) is 56.9 Å². The van der Waals surface area contributed by atoms with Crippen LogP contribution in [0.1, 0.15) is 17.1 Å². The van der Waals surface area contributed by atoms with Crippen molar-refractivity contribution in [2.75, 3.05) is 37.6 Å². The first kappa shape index (κ1) is 17.7. The molecule has 0 radical (unpaired) electrons. The smallest absolute Gasteiger partial charge is 0.191 e. The van der Waals surface area contributed by atoms with Crippen molar-refractivity contribution in [2.45, 2.75) is 19.8 Å². The van der Waals surface area contributed by atoms with Gasteiger partial charge in [0.15, 0.2) is 5.96 Å². The minimum atomic E-state index is -0.202. The van der Waals surface area contributed by atoms with Crippen molar-refractivity contribution >= 4 is 23.0 Å². The molecule has 1 aliphatic heterocycles. The molecule has 7 heteroatoms. The van der Waals surface area contributed by atoms with Crippen LogP contribution < -0.4 is 10.6 Å². The van der Waals surface area contributed by atoms with Crippen LogP contribution in [0.2, 0.25) is 0 Å². The summed E-state index contributed by atoms with van der Waals surface area (Å²) in [6.07, 6.45) is 1.91. The molecule has 134 valence electrons. The molecular formula is C18H24FN5S. The zero-order valence-electron chi connectivity index (χ0n) is 14.5. The Bertz CT molecular complexity index is 705. The monoisotopic (exact) mass is 361 g/mol. The lowest BCUT2D eigenvalue weighted by Crippen LogP contribution is -2.51. The molecule has 0 saturated carbocycles. The number of guanidine groups is 1. The fraction of sp³-hybridized carbons (Fsp3) is 0.444. The van der Waals surface area contributed by atoms with Crippen LogP contribution in [0.5, 0.6) is 0 Å². The van der Waals surface area contributed by atoms with Gasteiger partial charge < -0.3 is 15.5 Å². The molecule has 2 N–H and O–H groups in total. The van der Waals surface area contributed by atoms with E-state index < -0.39 is 0 Å². The summed E-state index contributed by atoms with van der Waals surface area (Å²) >= 11 is 1.71. The maximum atomic E-state index is 13.0.